The third-order valence-electron chi connectivity index (χ3n) is 8.54. The van der Waals surface area contributed by atoms with Crippen LogP contribution in [0, 0.1) is 5.41 Å². The smallest absolute Gasteiger partial charge is 0.251 e. The molecule has 1 atom stereocenters. The molecule has 2 amide bonds. The Kier molecular flexibility index (Phi) is 6.15. The summed E-state index contributed by atoms with van der Waals surface area (Å²) < 4.78 is 0. The minimum atomic E-state index is -0.340. The first-order valence-corrected chi connectivity index (χ1v) is 13.5. The van der Waals surface area contributed by atoms with Gasteiger partial charge in [-0.1, -0.05) is 12.1 Å². The molecular weight excluding hydrogens is 454 g/mol. The van der Waals surface area contributed by atoms with Gasteiger partial charge in [0.1, 0.15) is 0 Å². The second kappa shape index (κ2) is 9.47. The van der Waals surface area contributed by atoms with E-state index >= 15 is 0 Å². The summed E-state index contributed by atoms with van der Waals surface area (Å²) in [7, 11) is 0. The molecule has 2 N–H and O–H groups in total. The average molecular weight is 490 g/mol. The van der Waals surface area contributed by atoms with Crippen molar-refractivity contribution in [1.82, 2.24) is 20.2 Å². The maximum Gasteiger partial charge on any atom is 0.251 e. The van der Waals surface area contributed by atoms with Gasteiger partial charge in [0, 0.05) is 55.2 Å². The lowest BCUT2D eigenvalue weighted by atomic mass is 9.78. The van der Waals surface area contributed by atoms with Crippen LogP contribution in [0.5, 0.6) is 0 Å². The van der Waals surface area contributed by atoms with Crippen molar-refractivity contribution in [2.45, 2.75) is 76.0 Å². The summed E-state index contributed by atoms with van der Waals surface area (Å²) in [6.45, 7) is 2.35. The lowest BCUT2D eigenvalue weighted by Crippen LogP contribution is -2.50. The Balaban J connectivity index is 1.11. The van der Waals surface area contributed by atoms with Crippen LogP contribution < -0.4 is 10.2 Å². The maximum atomic E-state index is 13.6. The molecule has 190 valence electrons. The van der Waals surface area contributed by atoms with E-state index in [0.717, 1.165) is 82.0 Å². The van der Waals surface area contributed by atoms with Gasteiger partial charge in [-0.25, -0.2) is 9.97 Å². The molecule has 2 aliphatic heterocycles. The number of rotatable bonds is 5. The molecule has 2 aromatic rings. The summed E-state index contributed by atoms with van der Waals surface area (Å²) in [5.74, 6) is 0.942. The second-order valence-corrected chi connectivity index (χ2v) is 11.1. The maximum absolute atomic E-state index is 13.6. The fourth-order valence-corrected chi connectivity index (χ4v) is 6.19. The van der Waals surface area contributed by atoms with E-state index in [4.69, 9.17) is 0 Å². The quantitative estimate of drug-likeness (QED) is 0.670. The highest BCUT2D eigenvalue weighted by Crippen LogP contribution is 2.43. The molecule has 2 saturated carbocycles. The molecule has 0 radical (unpaired) electrons. The van der Waals surface area contributed by atoms with E-state index < -0.39 is 0 Å². The number of nitrogens with one attached hydrogen (secondary N) is 1. The van der Waals surface area contributed by atoms with E-state index in [1.807, 2.05) is 36.7 Å². The van der Waals surface area contributed by atoms with E-state index in [2.05, 4.69) is 25.1 Å². The first-order chi connectivity index (χ1) is 17.5. The molecule has 8 nitrogen and oxygen atoms in total. The highest BCUT2D eigenvalue weighted by molar-refractivity contribution is 5.95. The van der Waals surface area contributed by atoms with E-state index in [-0.39, 0.29) is 29.4 Å². The molecule has 2 saturated heterocycles. The number of amides is 2. The fourth-order valence-electron chi connectivity index (χ4n) is 6.19. The zero-order chi connectivity index (χ0) is 24.7. The summed E-state index contributed by atoms with van der Waals surface area (Å²) in [4.78, 5) is 39.4. The largest absolute Gasteiger partial charge is 0.393 e. The van der Waals surface area contributed by atoms with Gasteiger partial charge in [-0.05, 0) is 75.5 Å². The number of aromatic nitrogens is 2. The Bertz CT molecular complexity index is 1110. The van der Waals surface area contributed by atoms with Gasteiger partial charge in [-0.15, -0.1) is 0 Å². The summed E-state index contributed by atoms with van der Waals surface area (Å²) in [5.41, 5.74) is 2.20. The lowest BCUT2D eigenvalue weighted by molar-refractivity contribution is -0.139. The van der Waals surface area contributed by atoms with Crippen molar-refractivity contribution in [3.05, 3.63) is 42.2 Å². The Morgan fingerprint density at radius 2 is 1.67 bits per heavy atom. The second-order valence-electron chi connectivity index (χ2n) is 11.1. The standard InChI is InChI=1S/C28H35N5O3/c34-24-10-8-23(9-11-24)33-15-13-28(26(33)36)12-1-14-32(18-28)27-29-16-21(17-30-27)19-2-4-20(5-3-19)25(35)31-22-6-7-22/h2-5,16-17,22-24,34H,1,6-15,18H2,(H,31,35)/t23-,24-,28-/m0/s1. The van der Waals surface area contributed by atoms with Crippen molar-refractivity contribution in [2.75, 3.05) is 24.5 Å². The fraction of sp³-hybridized carbons (Fsp3) is 0.571. The van der Waals surface area contributed by atoms with Crippen LogP contribution in [-0.4, -0.2) is 69.6 Å². The predicted octanol–water partition coefficient (Wildman–Crippen LogP) is 3.16. The van der Waals surface area contributed by atoms with Crippen LogP contribution in [0.1, 0.15) is 68.1 Å². The monoisotopic (exact) mass is 489 g/mol. The lowest BCUT2D eigenvalue weighted by Gasteiger charge is -2.40. The number of hydrogen-bond donors (Lipinski definition) is 2. The van der Waals surface area contributed by atoms with Crippen molar-refractivity contribution in [3.8, 4) is 11.1 Å². The van der Waals surface area contributed by atoms with Gasteiger partial charge in [0.2, 0.25) is 11.9 Å². The van der Waals surface area contributed by atoms with Crippen molar-refractivity contribution >= 4 is 17.8 Å². The van der Waals surface area contributed by atoms with Crippen LogP contribution in [0.15, 0.2) is 36.7 Å². The number of nitrogens with zero attached hydrogens (tertiary/aromatic N) is 4. The van der Waals surface area contributed by atoms with Gasteiger partial charge in [-0.3, -0.25) is 9.59 Å². The summed E-state index contributed by atoms with van der Waals surface area (Å²) in [6.07, 6.45) is 11.8. The number of carbonyl (C=O) groups excluding carboxylic acids is 2. The third-order valence-corrected chi connectivity index (χ3v) is 8.54. The minimum Gasteiger partial charge on any atom is -0.393 e. The van der Waals surface area contributed by atoms with Crippen molar-refractivity contribution in [2.24, 2.45) is 5.41 Å². The molecule has 1 aromatic carbocycles. The van der Waals surface area contributed by atoms with Crippen LogP contribution in [0.2, 0.25) is 0 Å². The zero-order valence-corrected chi connectivity index (χ0v) is 20.7. The van der Waals surface area contributed by atoms with Crippen molar-refractivity contribution in [1.29, 1.82) is 0 Å². The number of carbonyl (C=O) groups is 2. The molecule has 0 unspecified atom stereocenters. The average Bonchev–Trinajstić information content (AvgIpc) is 3.68. The van der Waals surface area contributed by atoms with Gasteiger partial charge >= 0.3 is 0 Å². The molecule has 1 spiro atoms. The number of piperidine rings is 1. The molecule has 4 aliphatic rings. The predicted molar refractivity (Wildman–Crippen MR) is 136 cm³/mol. The Hall–Kier alpha value is -3.00. The number of hydrogen-bond acceptors (Lipinski definition) is 6. The molecular formula is C28H35N5O3. The summed E-state index contributed by atoms with van der Waals surface area (Å²) in [5, 5.41) is 12.9. The van der Waals surface area contributed by atoms with Gasteiger partial charge in [0.05, 0.1) is 11.5 Å². The normalized spacial score (nSPS) is 28.5. The van der Waals surface area contributed by atoms with Crippen LogP contribution in [-0.2, 0) is 4.79 Å². The number of benzene rings is 1. The molecule has 8 heteroatoms. The number of likely N-dealkylation sites (tertiary alicyclic amines) is 1. The molecule has 4 fully saturated rings. The van der Waals surface area contributed by atoms with Gasteiger partial charge < -0.3 is 20.2 Å². The van der Waals surface area contributed by atoms with Gasteiger partial charge in [0.15, 0.2) is 0 Å². The Morgan fingerprint density at radius 3 is 2.36 bits per heavy atom. The van der Waals surface area contributed by atoms with Crippen LogP contribution in [0.4, 0.5) is 5.95 Å². The van der Waals surface area contributed by atoms with E-state index in [1.165, 1.54) is 0 Å². The molecule has 6 rings (SSSR count). The highest BCUT2D eigenvalue weighted by atomic mass is 16.3. The molecule has 36 heavy (non-hydrogen) atoms. The molecule has 1 aromatic heterocycles. The summed E-state index contributed by atoms with van der Waals surface area (Å²) >= 11 is 0. The number of anilines is 1. The van der Waals surface area contributed by atoms with Crippen molar-refractivity contribution in [3.63, 3.8) is 0 Å². The molecule has 3 heterocycles. The van der Waals surface area contributed by atoms with E-state index in [1.54, 1.807) is 0 Å². The Morgan fingerprint density at radius 1 is 0.944 bits per heavy atom. The van der Waals surface area contributed by atoms with Gasteiger partial charge in [-0.2, -0.15) is 0 Å². The van der Waals surface area contributed by atoms with Crippen molar-refractivity contribution < 1.29 is 14.7 Å². The minimum absolute atomic E-state index is 0.0178. The van der Waals surface area contributed by atoms with Crippen LogP contribution in [0.3, 0.4) is 0 Å². The van der Waals surface area contributed by atoms with E-state index in [0.29, 0.717) is 24.1 Å². The highest BCUT2D eigenvalue weighted by Gasteiger charge is 2.51. The molecule has 0 bridgehead atoms. The van der Waals surface area contributed by atoms with Crippen LogP contribution >= 0.6 is 0 Å². The first kappa shape index (κ1) is 23.4. The topological polar surface area (TPSA) is 98.7 Å². The third kappa shape index (κ3) is 4.59. The number of aliphatic hydroxyl groups excluding tert-OH is 1. The number of aliphatic hydroxyl groups is 1. The van der Waals surface area contributed by atoms with E-state index in [9.17, 15) is 14.7 Å². The SMILES string of the molecule is O=C(NC1CC1)c1ccc(-c2cnc(N3CCC[C@]4(CCN([C@H]5CC[C@H](O)CC5)C4=O)C3)nc2)cc1. The van der Waals surface area contributed by atoms with Crippen LogP contribution in [0.25, 0.3) is 11.1 Å². The Labute approximate surface area is 212 Å². The zero-order valence-electron chi connectivity index (χ0n) is 20.7. The summed E-state index contributed by atoms with van der Waals surface area (Å²) in [6, 6.07) is 8.19. The van der Waals surface area contributed by atoms with Gasteiger partial charge in [0.25, 0.3) is 5.91 Å². The molecule has 2 aliphatic carbocycles. The first-order valence-electron chi connectivity index (χ1n) is 13.5.